The molecule has 0 N–H and O–H groups in total. The molecule has 0 aliphatic carbocycles. The lowest BCUT2D eigenvalue weighted by Crippen LogP contribution is -2.48. The highest BCUT2D eigenvalue weighted by atomic mass is 79.9. The Morgan fingerprint density at radius 1 is 1.30 bits per heavy atom. The van der Waals surface area contributed by atoms with Gasteiger partial charge in [-0.3, -0.25) is 4.90 Å². The average molecular weight is 359 g/mol. The van der Waals surface area contributed by atoms with E-state index in [9.17, 15) is 8.42 Å². The second kappa shape index (κ2) is 6.39. The highest BCUT2D eigenvalue weighted by Crippen LogP contribution is 2.23. The maximum absolute atomic E-state index is 12.6. The molecular formula is C14H19BrN2O2S. The molecule has 1 aliphatic rings. The molecule has 20 heavy (non-hydrogen) atoms. The zero-order valence-electron chi connectivity index (χ0n) is 11.5. The Kier molecular flexibility index (Phi) is 5.01. The number of hydrogen-bond donors (Lipinski definition) is 0. The average Bonchev–Trinajstić information content (AvgIpc) is 2.43. The van der Waals surface area contributed by atoms with Crippen molar-refractivity contribution < 1.29 is 8.42 Å². The fraction of sp³-hybridized carbons (Fsp3) is 0.429. The smallest absolute Gasteiger partial charge is 0.243 e. The lowest BCUT2D eigenvalue weighted by atomic mass is 10.2. The third-order valence-electron chi connectivity index (χ3n) is 3.49. The summed E-state index contributed by atoms with van der Waals surface area (Å²) < 4.78 is 27.7. The van der Waals surface area contributed by atoms with E-state index in [1.54, 1.807) is 22.5 Å². The van der Waals surface area contributed by atoms with Gasteiger partial charge in [-0.25, -0.2) is 8.42 Å². The van der Waals surface area contributed by atoms with Crippen LogP contribution >= 0.6 is 15.9 Å². The van der Waals surface area contributed by atoms with Crippen molar-refractivity contribution in [3.8, 4) is 0 Å². The first kappa shape index (κ1) is 15.7. The van der Waals surface area contributed by atoms with Crippen molar-refractivity contribution >= 4 is 26.0 Å². The van der Waals surface area contributed by atoms with Crippen LogP contribution < -0.4 is 0 Å². The number of rotatable bonds is 4. The van der Waals surface area contributed by atoms with Gasteiger partial charge >= 0.3 is 0 Å². The highest BCUT2D eigenvalue weighted by Gasteiger charge is 2.28. The number of aryl methyl sites for hydroxylation is 1. The fourth-order valence-corrected chi connectivity index (χ4v) is 4.02. The third-order valence-corrected chi connectivity index (χ3v) is 6.27. The Bertz CT molecular complexity index is 593. The molecule has 0 aromatic heterocycles. The van der Waals surface area contributed by atoms with Crippen LogP contribution in [-0.4, -0.2) is 50.3 Å². The van der Waals surface area contributed by atoms with Gasteiger partial charge in [0, 0.05) is 37.2 Å². The molecule has 1 aliphatic heterocycles. The second-order valence-corrected chi connectivity index (χ2v) is 7.70. The van der Waals surface area contributed by atoms with Crippen molar-refractivity contribution in [2.45, 2.75) is 11.8 Å². The minimum absolute atomic E-state index is 0.371. The number of hydrogen-bond acceptors (Lipinski definition) is 3. The molecule has 0 spiro atoms. The Hall–Kier alpha value is -0.690. The molecule has 0 bridgehead atoms. The third kappa shape index (κ3) is 3.31. The summed E-state index contributed by atoms with van der Waals surface area (Å²) in [5, 5.41) is 0. The summed E-state index contributed by atoms with van der Waals surface area (Å²) in [5.74, 6) is 0. The topological polar surface area (TPSA) is 40.6 Å². The summed E-state index contributed by atoms with van der Waals surface area (Å²) in [6.45, 7) is 8.98. The second-order valence-electron chi connectivity index (χ2n) is 4.90. The van der Waals surface area contributed by atoms with Crippen LogP contribution in [0.1, 0.15) is 5.56 Å². The van der Waals surface area contributed by atoms with Crippen LogP contribution in [0.25, 0.3) is 0 Å². The standard InChI is InChI=1S/C14H19BrN2O2S/c1-3-6-16-7-9-17(10-8-16)20(18,19)13-4-5-14(15)12(2)11-13/h3-5,11H,1,6-10H2,2H3. The van der Waals surface area contributed by atoms with Gasteiger partial charge in [0.15, 0.2) is 0 Å². The van der Waals surface area contributed by atoms with Crippen LogP contribution in [0.2, 0.25) is 0 Å². The van der Waals surface area contributed by atoms with Crippen molar-refractivity contribution in [2.24, 2.45) is 0 Å². The Balaban J connectivity index is 2.15. The van der Waals surface area contributed by atoms with Crippen LogP contribution in [0.3, 0.4) is 0 Å². The molecule has 4 nitrogen and oxygen atoms in total. The summed E-state index contributed by atoms with van der Waals surface area (Å²) in [6.07, 6.45) is 1.85. The van der Waals surface area contributed by atoms with Gasteiger partial charge in [-0.15, -0.1) is 6.58 Å². The van der Waals surface area contributed by atoms with Crippen LogP contribution in [0.5, 0.6) is 0 Å². The number of halogens is 1. The Morgan fingerprint density at radius 3 is 2.50 bits per heavy atom. The molecule has 0 saturated carbocycles. The molecule has 2 rings (SSSR count). The number of benzene rings is 1. The van der Waals surface area contributed by atoms with E-state index >= 15 is 0 Å². The minimum atomic E-state index is -3.38. The van der Waals surface area contributed by atoms with Gasteiger partial charge in [-0.2, -0.15) is 4.31 Å². The molecule has 1 aromatic rings. The zero-order chi connectivity index (χ0) is 14.8. The van der Waals surface area contributed by atoms with Crippen molar-refractivity contribution in [1.29, 1.82) is 0 Å². The van der Waals surface area contributed by atoms with E-state index in [0.717, 1.165) is 29.7 Å². The lowest BCUT2D eigenvalue weighted by Gasteiger charge is -2.33. The van der Waals surface area contributed by atoms with E-state index in [2.05, 4.69) is 27.4 Å². The molecule has 110 valence electrons. The van der Waals surface area contributed by atoms with Gasteiger partial charge in [0.25, 0.3) is 0 Å². The highest BCUT2D eigenvalue weighted by molar-refractivity contribution is 9.10. The van der Waals surface area contributed by atoms with Crippen LogP contribution in [0.15, 0.2) is 40.2 Å². The lowest BCUT2D eigenvalue weighted by molar-refractivity contribution is 0.204. The van der Waals surface area contributed by atoms with E-state index in [4.69, 9.17) is 0 Å². The minimum Gasteiger partial charge on any atom is -0.297 e. The molecule has 0 atom stereocenters. The van der Waals surface area contributed by atoms with Gasteiger partial charge in [-0.05, 0) is 30.7 Å². The van der Waals surface area contributed by atoms with E-state index in [0.29, 0.717) is 18.0 Å². The van der Waals surface area contributed by atoms with E-state index < -0.39 is 10.0 Å². The zero-order valence-corrected chi connectivity index (χ0v) is 14.0. The largest absolute Gasteiger partial charge is 0.297 e. The summed E-state index contributed by atoms with van der Waals surface area (Å²) >= 11 is 3.39. The van der Waals surface area contributed by atoms with E-state index in [1.165, 1.54) is 0 Å². The van der Waals surface area contributed by atoms with Crippen LogP contribution in [0.4, 0.5) is 0 Å². The molecule has 1 saturated heterocycles. The SMILES string of the molecule is C=CCN1CCN(S(=O)(=O)c2ccc(Br)c(C)c2)CC1. The van der Waals surface area contributed by atoms with Crippen LogP contribution in [-0.2, 0) is 10.0 Å². The molecule has 6 heteroatoms. The maximum Gasteiger partial charge on any atom is 0.243 e. The number of sulfonamides is 1. The number of piperazine rings is 1. The predicted octanol–water partition coefficient (Wildman–Crippen LogP) is 2.25. The molecule has 1 aromatic carbocycles. The summed E-state index contributed by atoms with van der Waals surface area (Å²) in [6, 6.07) is 5.16. The molecule has 1 fully saturated rings. The Morgan fingerprint density at radius 2 is 1.95 bits per heavy atom. The quantitative estimate of drug-likeness (QED) is 0.775. The monoisotopic (exact) mass is 358 g/mol. The van der Waals surface area contributed by atoms with Gasteiger partial charge < -0.3 is 0 Å². The van der Waals surface area contributed by atoms with Crippen molar-refractivity contribution in [1.82, 2.24) is 9.21 Å². The Labute approximate surface area is 129 Å². The first-order valence-corrected chi connectivity index (χ1v) is 8.78. The van der Waals surface area contributed by atoms with E-state index in [1.807, 2.05) is 13.0 Å². The van der Waals surface area contributed by atoms with Gasteiger partial charge in [0.1, 0.15) is 0 Å². The number of nitrogens with zero attached hydrogens (tertiary/aromatic N) is 2. The first-order valence-electron chi connectivity index (χ1n) is 6.54. The molecule has 0 amide bonds. The summed E-state index contributed by atoms with van der Waals surface area (Å²) in [7, 11) is -3.38. The van der Waals surface area contributed by atoms with Crippen molar-refractivity contribution in [2.75, 3.05) is 32.7 Å². The molecule has 1 heterocycles. The van der Waals surface area contributed by atoms with Gasteiger partial charge in [0.05, 0.1) is 4.90 Å². The summed E-state index contributed by atoms with van der Waals surface area (Å²) in [4.78, 5) is 2.57. The van der Waals surface area contributed by atoms with Gasteiger partial charge in [0.2, 0.25) is 10.0 Å². The van der Waals surface area contributed by atoms with Crippen LogP contribution in [0, 0.1) is 6.92 Å². The molecule has 0 radical (unpaired) electrons. The van der Waals surface area contributed by atoms with Gasteiger partial charge in [-0.1, -0.05) is 22.0 Å². The van der Waals surface area contributed by atoms with E-state index in [-0.39, 0.29) is 0 Å². The molecule has 0 unspecified atom stereocenters. The predicted molar refractivity (Wildman–Crippen MR) is 84.3 cm³/mol. The van der Waals surface area contributed by atoms with Crippen molar-refractivity contribution in [3.05, 3.63) is 40.9 Å². The normalized spacial score (nSPS) is 18.1. The fourth-order valence-electron chi connectivity index (χ4n) is 2.26. The maximum atomic E-state index is 12.6. The summed E-state index contributed by atoms with van der Waals surface area (Å²) in [5.41, 5.74) is 0.927. The first-order chi connectivity index (χ1) is 9.45. The van der Waals surface area contributed by atoms with Crippen molar-refractivity contribution in [3.63, 3.8) is 0 Å². The molecular weight excluding hydrogens is 340 g/mol.